The number of amides is 2. The highest BCUT2D eigenvalue weighted by Gasteiger charge is 2.40. The lowest BCUT2D eigenvalue weighted by Gasteiger charge is -2.29. The topological polar surface area (TPSA) is 119 Å². The normalized spacial score (nSPS) is 14.7. The zero-order valence-corrected chi connectivity index (χ0v) is 30.8. The molecular weight excluding hydrogens is 651 g/mol. The number of carbonyl (C=O) groups is 2. The van der Waals surface area contributed by atoms with E-state index in [0.29, 0.717) is 13.0 Å². The Morgan fingerprint density at radius 3 is 1.82 bits per heavy atom. The molecule has 9 nitrogen and oxygen atoms in total. The number of unbranched alkanes of at least 4 members (excludes halogenated alkanes) is 15. The van der Waals surface area contributed by atoms with Gasteiger partial charge in [0.2, 0.25) is 0 Å². The number of phosphoric ester groups is 1. The van der Waals surface area contributed by atoms with E-state index in [1.807, 2.05) is 30.3 Å². The number of benzene rings is 2. The number of rotatable bonds is 27. The summed E-state index contributed by atoms with van der Waals surface area (Å²) in [5.74, 6) is -0.975. The van der Waals surface area contributed by atoms with Crippen LogP contribution in [-0.4, -0.2) is 49.2 Å². The van der Waals surface area contributed by atoms with Gasteiger partial charge in [-0.15, -0.1) is 0 Å². The van der Waals surface area contributed by atoms with Gasteiger partial charge in [0.15, 0.2) is 11.9 Å². The largest absolute Gasteiger partial charge is 0.756 e. The molecule has 1 N–H and O–H groups in total. The third-order valence-corrected chi connectivity index (χ3v) is 10.4. The summed E-state index contributed by atoms with van der Waals surface area (Å²) in [6, 6.07) is 15.4. The Morgan fingerprint density at radius 2 is 1.22 bits per heavy atom. The smallest absolute Gasteiger partial charge is 0.267 e. The molecule has 10 heteroatoms. The third-order valence-electron chi connectivity index (χ3n) is 9.48. The highest BCUT2D eigenvalue weighted by molar-refractivity contribution is 7.45. The number of aromatic amines is 1. The molecule has 0 saturated carbocycles. The average molecular weight is 709 g/mol. The molecule has 50 heavy (non-hydrogen) atoms. The number of fused-ring (bicyclic) bond motifs is 2. The number of carbonyl (C=O) groups excluding carboxylic acids is 2. The lowest BCUT2D eigenvalue weighted by atomic mass is 10.0. The number of aromatic nitrogens is 1. The van der Waals surface area contributed by atoms with Crippen molar-refractivity contribution in [3.63, 3.8) is 0 Å². The lowest BCUT2D eigenvalue weighted by molar-refractivity contribution is -0.388. The fourth-order valence-electron chi connectivity index (χ4n) is 6.62. The Labute approximate surface area is 298 Å². The second kappa shape index (κ2) is 22.1. The first kappa shape index (κ1) is 39.8. The molecule has 2 heterocycles. The molecule has 0 bridgehead atoms. The van der Waals surface area contributed by atoms with E-state index >= 15 is 0 Å². The predicted molar refractivity (Wildman–Crippen MR) is 195 cm³/mol. The maximum atomic E-state index is 13.2. The van der Waals surface area contributed by atoms with Crippen LogP contribution in [-0.2, 0) is 24.8 Å². The number of phosphoric acid groups is 1. The molecular formula is C40H57N2O7P. The molecule has 0 radical (unpaired) electrons. The standard InChI is InChI=1S/C40H57N2O7P/c1-2-3-4-5-6-7-8-9-10-11-12-13-14-15-16-21-29-47-31-34(42-39(43)36-24-19-20-25-37(36)40(42)44)32-49-50(45,46)48-30-27-38-35-23-18-17-22-33(35)26-28-41-38/h17-20,22-26,28,34H,2-16,21,27,29-32H2,1H3,(H,45,46). The van der Waals surface area contributed by atoms with Crippen molar-refractivity contribution in [3.8, 4) is 0 Å². The molecule has 274 valence electrons. The summed E-state index contributed by atoms with van der Waals surface area (Å²) >= 11 is 0. The van der Waals surface area contributed by atoms with Gasteiger partial charge in [0, 0.05) is 18.1 Å². The van der Waals surface area contributed by atoms with Crippen molar-refractivity contribution < 1.29 is 37.8 Å². The van der Waals surface area contributed by atoms with Gasteiger partial charge >= 0.3 is 0 Å². The second-order valence-corrected chi connectivity index (χ2v) is 14.8. The van der Waals surface area contributed by atoms with E-state index in [-0.39, 0.29) is 24.3 Å². The summed E-state index contributed by atoms with van der Waals surface area (Å²) in [6.07, 6.45) is 22.6. The van der Waals surface area contributed by atoms with E-state index < -0.39 is 32.3 Å². The summed E-state index contributed by atoms with van der Waals surface area (Å²) in [5, 5.41) is 2.01. The van der Waals surface area contributed by atoms with Crippen LogP contribution in [0.2, 0.25) is 0 Å². The second-order valence-electron chi connectivity index (χ2n) is 13.4. The van der Waals surface area contributed by atoms with E-state index in [9.17, 15) is 19.0 Å². The van der Waals surface area contributed by atoms with E-state index in [1.54, 1.807) is 30.5 Å². The minimum atomic E-state index is -4.74. The Hall–Kier alpha value is -2.94. The molecule has 2 atom stereocenters. The lowest BCUT2D eigenvalue weighted by Crippen LogP contribution is -2.45. The molecule has 4 rings (SSSR count). The van der Waals surface area contributed by atoms with Crippen LogP contribution >= 0.6 is 7.82 Å². The van der Waals surface area contributed by atoms with Crippen LogP contribution in [0.25, 0.3) is 10.8 Å². The molecule has 3 aromatic rings. The van der Waals surface area contributed by atoms with Crippen LogP contribution in [0.4, 0.5) is 0 Å². The van der Waals surface area contributed by atoms with Crippen LogP contribution < -0.4 is 9.88 Å². The fourth-order valence-corrected chi connectivity index (χ4v) is 7.36. The van der Waals surface area contributed by atoms with Crippen molar-refractivity contribution in [2.45, 2.75) is 122 Å². The zero-order chi connectivity index (χ0) is 35.4. The van der Waals surface area contributed by atoms with Crippen LogP contribution in [0.1, 0.15) is 136 Å². The zero-order valence-electron chi connectivity index (χ0n) is 30.0. The van der Waals surface area contributed by atoms with Crippen molar-refractivity contribution in [2.24, 2.45) is 0 Å². The van der Waals surface area contributed by atoms with Crippen molar-refractivity contribution >= 4 is 30.4 Å². The highest BCUT2D eigenvalue weighted by atomic mass is 31.2. The predicted octanol–water partition coefficient (Wildman–Crippen LogP) is 8.64. The van der Waals surface area contributed by atoms with Gasteiger partial charge in [-0.3, -0.25) is 19.1 Å². The number of hydrogen-bond donors (Lipinski definition) is 0. The van der Waals surface area contributed by atoms with Gasteiger partial charge in [-0.05, 0) is 30.0 Å². The molecule has 1 aliphatic heterocycles. The first-order chi connectivity index (χ1) is 24.4. The number of nitrogens with zero attached hydrogens (tertiary/aromatic N) is 1. The van der Waals surface area contributed by atoms with Crippen molar-refractivity contribution in [2.75, 3.05) is 26.4 Å². The van der Waals surface area contributed by atoms with Gasteiger partial charge in [-0.1, -0.05) is 134 Å². The first-order valence-corrected chi connectivity index (χ1v) is 20.4. The molecule has 1 aliphatic rings. The van der Waals surface area contributed by atoms with Gasteiger partial charge in [-0.25, -0.2) is 4.98 Å². The van der Waals surface area contributed by atoms with Crippen LogP contribution in [0.3, 0.4) is 0 Å². The maximum absolute atomic E-state index is 13.2. The number of nitrogens with one attached hydrogen (secondary N) is 1. The summed E-state index contributed by atoms with van der Waals surface area (Å²) in [7, 11) is -4.74. The highest BCUT2D eigenvalue weighted by Crippen LogP contribution is 2.39. The van der Waals surface area contributed by atoms with Gasteiger partial charge in [0.25, 0.3) is 19.6 Å². The van der Waals surface area contributed by atoms with E-state index in [0.717, 1.165) is 40.6 Å². The van der Waals surface area contributed by atoms with Gasteiger partial charge in [-0.2, -0.15) is 0 Å². The Kier molecular flexibility index (Phi) is 17.6. The monoisotopic (exact) mass is 708 g/mol. The minimum Gasteiger partial charge on any atom is -0.756 e. The fraction of sp³-hybridized carbons (Fsp3) is 0.575. The van der Waals surface area contributed by atoms with Crippen LogP contribution in [0, 0.1) is 0 Å². The molecule has 0 spiro atoms. The number of ether oxygens (including phenoxy) is 1. The molecule has 2 unspecified atom stereocenters. The molecule has 2 amide bonds. The third kappa shape index (κ3) is 13.0. The summed E-state index contributed by atoms with van der Waals surface area (Å²) in [5.41, 5.74) is 1.41. The Bertz CT molecular complexity index is 1480. The minimum absolute atomic E-state index is 0.0326. The van der Waals surface area contributed by atoms with E-state index in [2.05, 4.69) is 11.9 Å². The van der Waals surface area contributed by atoms with E-state index in [1.165, 1.54) is 83.5 Å². The van der Waals surface area contributed by atoms with Crippen molar-refractivity contribution in [3.05, 3.63) is 77.6 Å². The Morgan fingerprint density at radius 1 is 0.680 bits per heavy atom. The van der Waals surface area contributed by atoms with Crippen molar-refractivity contribution in [1.29, 1.82) is 0 Å². The summed E-state index contributed by atoms with van der Waals surface area (Å²) in [4.78, 5) is 43.4. The van der Waals surface area contributed by atoms with Crippen LogP contribution in [0.5, 0.6) is 0 Å². The number of pyridine rings is 1. The van der Waals surface area contributed by atoms with Crippen molar-refractivity contribution in [1.82, 2.24) is 4.90 Å². The maximum Gasteiger partial charge on any atom is 0.267 e. The molecule has 2 aromatic carbocycles. The number of hydrogen-bond acceptors (Lipinski definition) is 7. The SMILES string of the molecule is CCCCCCCCCCCCCCCCCCOCC(COP(=O)([O-])OCCc1[nH+]ccc2ccccc12)N1C(=O)c2ccccc2C1=O. The summed E-state index contributed by atoms with van der Waals surface area (Å²) in [6.45, 7) is 2.10. The van der Waals surface area contributed by atoms with E-state index in [4.69, 9.17) is 13.8 Å². The molecule has 0 aliphatic carbocycles. The average Bonchev–Trinajstić information content (AvgIpc) is 3.38. The van der Waals surface area contributed by atoms with Gasteiger partial charge in [0.05, 0.1) is 43.4 Å². The molecule has 0 saturated heterocycles. The van der Waals surface area contributed by atoms with Gasteiger partial charge < -0.3 is 18.7 Å². The molecule has 0 fully saturated rings. The molecule has 1 aromatic heterocycles. The first-order valence-electron chi connectivity index (χ1n) is 18.9. The number of H-pyrrole nitrogens is 1. The number of imide groups is 1. The Balaban J connectivity index is 1.15. The van der Waals surface area contributed by atoms with Gasteiger partial charge in [0.1, 0.15) is 0 Å². The summed E-state index contributed by atoms with van der Waals surface area (Å²) < 4.78 is 29.1. The quantitative estimate of drug-likeness (QED) is 0.0442. The van der Waals surface area contributed by atoms with Crippen LogP contribution in [0.15, 0.2) is 60.8 Å².